The Morgan fingerprint density at radius 2 is 1.96 bits per heavy atom. The molecule has 1 atom stereocenters. The lowest BCUT2D eigenvalue weighted by atomic mass is 9.90. The standard InChI is InChI=1S/C19H29FN4O/c1-3-22-8-10-23(11-9-22)17-5-4-15(12-16(17)20)18(25)24-7-6-19(2,13-21)14-24/h4-5,12H,3,6-11,13-14,21H2,1-2H3. The van der Waals surface area contributed by atoms with E-state index >= 15 is 0 Å². The molecule has 0 aromatic heterocycles. The van der Waals surface area contributed by atoms with Crippen molar-refractivity contribution in [2.24, 2.45) is 11.1 Å². The van der Waals surface area contributed by atoms with Crippen LogP contribution in [0.15, 0.2) is 18.2 Å². The van der Waals surface area contributed by atoms with Gasteiger partial charge in [0.1, 0.15) is 5.82 Å². The van der Waals surface area contributed by atoms with Crippen LogP contribution in [0.3, 0.4) is 0 Å². The minimum absolute atomic E-state index is 0.0207. The topological polar surface area (TPSA) is 52.8 Å². The number of hydrogen-bond acceptors (Lipinski definition) is 4. The number of anilines is 1. The summed E-state index contributed by atoms with van der Waals surface area (Å²) in [6, 6.07) is 4.90. The molecular weight excluding hydrogens is 319 g/mol. The highest BCUT2D eigenvalue weighted by Crippen LogP contribution is 2.30. The zero-order valence-electron chi connectivity index (χ0n) is 15.3. The maximum absolute atomic E-state index is 14.6. The first-order valence-electron chi connectivity index (χ1n) is 9.22. The van der Waals surface area contributed by atoms with Gasteiger partial charge >= 0.3 is 0 Å². The average molecular weight is 348 g/mol. The lowest BCUT2D eigenvalue weighted by Gasteiger charge is -2.35. The van der Waals surface area contributed by atoms with Gasteiger partial charge in [0, 0.05) is 44.8 Å². The fourth-order valence-corrected chi connectivity index (χ4v) is 3.75. The second-order valence-corrected chi connectivity index (χ2v) is 7.58. The SMILES string of the molecule is CCN1CCN(c2ccc(C(=O)N3CCC(C)(CN)C3)cc2F)CC1. The van der Waals surface area contributed by atoms with Crippen LogP contribution in [-0.2, 0) is 0 Å². The van der Waals surface area contributed by atoms with Crippen LogP contribution < -0.4 is 10.6 Å². The smallest absolute Gasteiger partial charge is 0.253 e. The number of likely N-dealkylation sites (tertiary alicyclic amines) is 1. The first-order chi connectivity index (χ1) is 12.0. The molecule has 1 aromatic rings. The minimum Gasteiger partial charge on any atom is -0.367 e. The van der Waals surface area contributed by atoms with Crippen molar-refractivity contribution in [2.45, 2.75) is 20.3 Å². The molecule has 2 fully saturated rings. The van der Waals surface area contributed by atoms with Crippen LogP contribution in [0.2, 0.25) is 0 Å². The summed E-state index contributed by atoms with van der Waals surface area (Å²) in [6.45, 7) is 10.7. The molecule has 138 valence electrons. The van der Waals surface area contributed by atoms with Crippen molar-refractivity contribution < 1.29 is 9.18 Å². The fourth-order valence-electron chi connectivity index (χ4n) is 3.75. The van der Waals surface area contributed by atoms with Gasteiger partial charge in [-0.05, 0) is 43.1 Å². The molecule has 0 spiro atoms. The Hall–Kier alpha value is -1.66. The summed E-state index contributed by atoms with van der Waals surface area (Å²) in [4.78, 5) is 18.9. The molecule has 0 aliphatic carbocycles. The molecule has 3 rings (SSSR count). The van der Waals surface area contributed by atoms with E-state index < -0.39 is 0 Å². The van der Waals surface area contributed by atoms with Gasteiger partial charge in [-0.25, -0.2) is 4.39 Å². The van der Waals surface area contributed by atoms with Gasteiger partial charge in [0.05, 0.1) is 5.69 Å². The molecule has 1 unspecified atom stereocenters. The van der Waals surface area contributed by atoms with Crippen LogP contribution >= 0.6 is 0 Å². The van der Waals surface area contributed by atoms with Crippen molar-refractivity contribution in [2.75, 3.05) is 57.3 Å². The number of hydrogen-bond donors (Lipinski definition) is 1. The lowest BCUT2D eigenvalue weighted by Crippen LogP contribution is -2.46. The van der Waals surface area contributed by atoms with E-state index in [0.717, 1.165) is 39.1 Å². The van der Waals surface area contributed by atoms with Gasteiger partial charge in [-0.15, -0.1) is 0 Å². The number of benzene rings is 1. The molecule has 5 nitrogen and oxygen atoms in total. The van der Waals surface area contributed by atoms with Crippen LogP contribution in [0.4, 0.5) is 10.1 Å². The summed E-state index contributed by atoms with van der Waals surface area (Å²) in [6.07, 6.45) is 0.900. The van der Waals surface area contributed by atoms with Crippen LogP contribution in [0.5, 0.6) is 0 Å². The van der Waals surface area contributed by atoms with Gasteiger partial charge < -0.3 is 20.4 Å². The van der Waals surface area contributed by atoms with Gasteiger partial charge in [0.25, 0.3) is 5.91 Å². The Morgan fingerprint density at radius 3 is 2.52 bits per heavy atom. The zero-order chi connectivity index (χ0) is 18.0. The van der Waals surface area contributed by atoms with Crippen molar-refractivity contribution in [3.8, 4) is 0 Å². The van der Waals surface area contributed by atoms with Gasteiger partial charge in [-0.2, -0.15) is 0 Å². The summed E-state index contributed by atoms with van der Waals surface area (Å²) in [5.41, 5.74) is 6.81. The number of nitrogens with zero attached hydrogens (tertiary/aromatic N) is 3. The molecule has 6 heteroatoms. The Balaban J connectivity index is 1.69. The zero-order valence-corrected chi connectivity index (χ0v) is 15.3. The van der Waals surface area contributed by atoms with E-state index in [1.54, 1.807) is 17.0 Å². The van der Waals surface area contributed by atoms with Crippen LogP contribution in [0, 0.1) is 11.2 Å². The number of rotatable bonds is 4. The van der Waals surface area contributed by atoms with Crippen molar-refractivity contribution in [3.05, 3.63) is 29.6 Å². The average Bonchev–Trinajstić information content (AvgIpc) is 3.04. The highest BCUT2D eigenvalue weighted by Gasteiger charge is 2.35. The Morgan fingerprint density at radius 1 is 1.24 bits per heavy atom. The number of amides is 1. The number of halogens is 1. The molecule has 2 heterocycles. The monoisotopic (exact) mass is 348 g/mol. The predicted molar refractivity (Wildman–Crippen MR) is 98.4 cm³/mol. The van der Waals surface area contributed by atoms with Crippen LogP contribution in [0.1, 0.15) is 30.6 Å². The minimum atomic E-state index is -0.309. The normalized spacial score (nSPS) is 24.8. The highest BCUT2D eigenvalue weighted by molar-refractivity contribution is 5.94. The third-order valence-electron chi connectivity index (χ3n) is 5.69. The lowest BCUT2D eigenvalue weighted by molar-refractivity contribution is 0.0776. The molecular formula is C19H29FN4O. The maximum Gasteiger partial charge on any atom is 0.253 e. The number of likely N-dealkylation sites (N-methyl/N-ethyl adjacent to an activating group) is 1. The summed E-state index contributed by atoms with van der Waals surface area (Å²) in [5.74, 6) is -0.407. The maximum atomic E-state index is 14.6. The van der Waals surface area contributed by atoms with Crippen molar-refractivity contribution >= 4 is 11.6 Å². The van der Waals surface area contributed by atoms with Crippen molar-refractivity contribution in [3.63, 3.8) is 0 Å². The van der Waals surface area contributed by atoms with E-state index in [4.69, 9.17) is 5.73 Å². The van der Waals surface area contributed by atoms with Gasteiger partial charge in [0.15, 0.2) is 0 Å². The van der Waals surface area contributed by atoms with Crippen molar-refractivity contribution in [1.29, 1.82) is 0 Å². The number of piperazine rings is 1. The molecule has 2 aliphatic heterocycles. The van der Waals surface area contributed by atoms with Crippen LogP contribution in [-0.4, -0.2) is 68.1 Å². The molecule has 0 radical (unpaired) electrons. The molecule has 2 N–H and O–H groups in total. The Bertz CT molecular complexity index is 630. The molecule has 25 heavy (non-hydrogen) atoms. The molecule has 0 bridgehead atoms. The number of carbonyl (C=O) groups is 1. The summed E-state index contributed by atoms with van der Waals surface area (Å²) in [5, 5.41) is 0. The number of nitrogens with two attached hydrogens (primary N) is 1. The molecule has 2 aliphatic rings. The fraction of sp³-hybridized carbons (Fsp3) is 0.632. The third kappa shape index (κ3) is 3.80. The first kappa shape index (κ1) is 18.1. The Kier molecular flexibility index (Phi) is 5.29. The van der Waals surface area contributed by atoms with E-state index in [1.807, 2.05) is 0 Å². The number of carbonyl (C=O) groups excluding carboxylic acids is 1. The largest absolute Gasteiger partial charge is 0.367 e. The summed E-state index contributed by atoms with van der Waals surface area (Å²) in [7, 11) is 0. The second kappa shape index (κ2) is 7.30. The van der Waals surface area contributed by atoms with E-state index in [1.165, 1.54) is 6.07 Å². The van der Waals surface area contributed by atoms with Gasteiger partial charge in [0.2, 0.25) is 0 Å². The molecule has 1 aromatic carbocycles. The molecule has 2 saturated heterocycles. The van der Waals surface area contributed by atoms with E-state index in [0.29, 0.717) is 30.9 Å². The van der Waals surface area contributed by atoms with Crippen molar-refractivity contribution in [1.82, 2.24) is 9.80 Å². The predicted octanol–water partition coefficient (Wildman–Crippen LogP) is 1.78. The first-order valence-corrected chi connectivity index (χ1v) is 9.22. The van der Waals surface area contributed by atoms with E-state index in [9.17, 15) is 9.18 Å². The summed E-state index contributed by atoms with van der Waals surface area (Å²) < 4.78 is 14.6. The second-order valence-electron chi connectivity index (χ2n) is 7.58. The van der Waals surface area contributed by atoms with Gasteiger partial charge in [-0.3, -0.25) is 4.79 Å². The molecule has 1 amide bonds. The highest BCUT2D eigenvalue weighted by atomic mass is 19.1. The summed E-state index contributed by atoms with van der Waals surface area (Å²) >= 11 is 0. The van der Waals surface area contributed by atoms with E-state index in [2.05, 4.69) is 23.6 Å². The van der Waals surface area contributed by atoms with Crippen LogP contribution in [0.25, 0.3) is 0 Å². The van der Waals surface area contributed by atoms with E-state index in [-0.39, 0.29) is 17.1 Å². The third-order valence-corrected chi connectivity index (χ3v) is 5.69. The Labute approximate surface area is 149 Å². The van der Waals surface area contributed by atoms with Gasteiger partial charge in [-0.1, -0.05) is 13.8 Å². The molecule has 0 saturated carbocycles. The quantitative estimate of drug-likeness (QED) is 0.901.